The number of benzene rings is 1. The molecule has 6 heteroatoms. The first kappa shape index (κ1) is 13.3. The fourth-order valence-electron chi connectivity index (χ4n) is 2.54. The maximum absolute atomic E-state index is 10.9. The lowest BCUT2D eigenvalue weighted by molar-refractivity contribution is -0.137. The van der Waals surface area contributed by atoms with Gasteiger partial charge < -0.3 is 15.3 Å². The van der Waals surface area contributed by atoms with Gasteiger partial charge in [-0.25, -0.2) is 4.98 Å². The van der Waals surface area contributed by atoms with Crippen LogP contribution in [0.3, 0.4) is 0 Å². The van der Waals surface area contributed by atoms with Crippen LogP contribution in [-0.2, 0) is 4.79 Å². The second-order valence-corrected chi connectivity index (χ2v) is 6.09. The molecule has 0 aliphatic carbocycles. The zero-order chi connectivity index (χ0) is 13.9. The van der Waals surface area contributed by atoms with Gasteiger partial charge in [0.05, 0.1) is 16.6 Å². The van der Waals surface area contributed by atoms with Crippen molar-refractivity contribution in [3.63, 3.8) is 0 Å². The highest BCUT2D eigenvalue weighted by Gasteiger charge is 2.22. The minimum Gasteiger partial charge on any atom is -0.481 e. The lowest BCUT2D eigenvalue weighted by atomic mass is 10.1. The van der Waals surface area contributed by atoms with Crippen molar-refractivity contribution in [2.24, 2.45) is 5.92 Å². The standard InChI is InChI=1S/C14H17N3O2S/c18-13(19)7-10-8-15-5-6-17(9-10)14-16-11-3-1-2-4-12(11)20-14/h1-4,10,15H,5-9H2,(H,18,19)/t10-/m1/s1. The summed E-state index contributed by atoms with van der Waals surface area (Å²) in [4.78, 5) is 17.8. The van der Waals surface area contributed by atoms with Gasteiger partial charge in [0.2, 0.25) is 0 Å². The molecular formula is C14H17N3O2S. The highest BCUT2D eigenvalue weighted by molar-refractivity contribution is 7.22. The molecule has 0 unspecified atom stereocenters. The Balaban J connectivity index is 1.81. The normalized spacial score (nSPS) is 20.0. The molecule has 2 heterocycles. The van der Waals surface area contributed by atoms with Gasteiger partial charge in [-0.05, 0) is 18.1 Å². The van der Waals surface area contributed by atoms with E-state index in [2.05, 4.69) is 21.3 Å². The number of fused-ring (bicyclic) bond motifs is 1. The Morgan fingerprint density at radius 1 is 1.50 bits per heavy atom. The molecule has 0 spiro atoms. The molecule has 1 aromatic heterocycles. The molecule has 0 amide bonds. The van der Waals surface area contributed by atoms with Crippen LogP contribution in [-0.4, -0.2) is 42.2 Å². The first-order valence-corrected chi connectivity index (χ1v) is 7.57. The summed E-state index contributed by atoms with van der Waals surface area (Å²) in [5.41, 5.74) is 1.01. The van der Waals surface area contributed by atoms with Gasteiger partial charge >= 0.3 is 5.97 Å². The summed E-state index contributed by atoms with van der Waals surface area (Å²) in [7, 11) is 0. The number of anilines is 1. The lowest BCUT2D eigenvalue weighted by Gasteiger charge is -2.22. The summed E-state index contributed by atoms with van der Waals surface area (Å²) in [6.45, 7) is 3.24. The van der Waals surface area contributed by atoms with Gasteiger partial charge in [-0.3, -0.25) is 4.79 Å². The number of carbonyl (C=O) groups is 1. The fourth-order valence-corrected chi connectivity index (χ4v) is 3.54. The highest BCUT2D eigenvalue weighted by atomic mass is 32.1. The van der Waals surface area contributed by atoms with Crippen molar-refractivity contribution >= 4 is 32.7 Å². The van der Waals surface area contributed by atoms with Crippen LogP contribution < -0.4 is 10.2 Å². The van der Waals surface area contributed by atoms with Gasteiger partial charge in [0.15, 0.2) is 5.13 Å². The van der Waals surface area contributed by atoms with Crippen molar-refractivity contribution in [1.82, 2.24) is 10.3 Å². The maximum Gasteiger partial charge on any atom is 0.303 e. The van der Waals surface area contributed by atoms with Crippen LogP contribution in [0.1, 0.15) is 6.42 Å². The predicted molar refractivity (Wildman–Crippen MR) is 80.4 cm³/mol. The summed E-state index contributed by atoms with van der Waals surface area (Å²) in [5, 5.41) is 13.3. The van der Waals surface area contributed by atoms with E-state index in [1.54, 1.807) is 11.3 Å². The third-order valence-corrected chi connectivity index (χ3v) is 4.58. The SMILES string of the molecule is O=C(O)C[C@@H]1CNCCN(c2nc3ccccc3s2)C1. The zero-order valence-electron chi connectivity index (χ0n) is 11.1. The molecule has 106 valence electrons. The molecule has 1 saturated heterocycles. The Bertz CT molecular complexity index is 580. The largest absolute Gasteiger partial charge is 0.481 e. The summed E-state index contributed by atoms with van der Waals surface area (Å²) >= 11 is 1.67. The lowest BCUT2D eigenvalue weighted by Crippen LogP contribution is -2.30. The Hall–Kier alpha value is -1.66. The van der Waals surface area contributed by atoms with Crippen molar-refractivity contribution in [2.75, 3.05) is 31.1 Å². The summed E-state index contributed by atoms with van der Waals surface area (Å²) < 4.78 is 1.18. The van der Waals surface area contributed by atoms with Gasteiger partial charge in [0.1, 0.15) is 0 Å². The monoisotopic (exact) mass is 291 g/mol. The van der Waals surface area contributed by atoms with Crippen molar-refractivity contribution in [2.45, 2.75) is 6.42 Å². The molecule has 0 bridgehead atoms. The number of nitrogens with zero attached hydrogens (tertiary/aromatic N) is 2. The van der Waals surface area contributed by atoms with Gasteiger partial charge in [-0.1, -0.05) is 23.5 Å². The molecule has 3 rings (SSSR count). The molecule has 1 aliphatic rings. The molecule has 5 nitrogen and oxygen atoms in total. The van der Waals surface area contributed by atoms with E-state index in [1.807, 2.05) is 18.2 Å². The van der Waals surface area contributed by atoms with Gasteiger partial charge in [-0.15, -0.1) is 0 Å². The van der Waals surface area contributed by atoms with Crippen LogP contribution in [0.25, 0.3) is 10.2 Å². The Morgan fingerprint density at radius 3 is 3.15 bits per heavy atom. The van der Waals surface area contributed by atoms with Gasteiger partial charge in [0.25, 0.3) is 0 Å². The van der Waals surface area contributed by atoms with E-state index in [9.17, 15) is 4.79 Å². The Kier molecular flexibility index (Phi) is 3.84. The highest BCUT2D eigenvalue weighted by Crippen LogP contribution is 2.29. The minimum absolute atomic E-state index is 0.127. The average Bonchev–Trinajstić information content (AvgIpc) is 2.72. The van der Waals surface area contributed by atoms with Crippen molar-refractivity contribution in [1.29, 1.82) is 0 Å². The van der Waals surface area contributed by atoms with E-state index in [1.165, 1.54) is 4.70 Å². The number of carboxylic acid groups (broad SMARTS) is 1. The van der Waals surface area contributed by atoms with Crippen LogP contribution in [0.5, 0.6) is 0 Å². The van der Waals surface area contributed by atoms with Crippen LogP contribution in [0, 0.1) is 5.92 Å². The van der Waals surface area contributed by atoms with Crippen LogP contribution in [0.4, 0.5) is 5.13 Å². The summed E-state index contributed by atoms with van der Waals surface area (Å²) in [5.74, 6) is -0.607. The topological polar surface area (TPSA) is 65.5 Å². The molecule has 2 N–H and O–H groups in total. The van der Waals surface area contributed by atoms with Gasteiger partial charge in [-0.2, -0.15) is 0 Å². The molecule has 0 saturated carbocycles. The fraction of sp³-hybridized carbons (Fsp3) is 0.429. The Labute approximate surface area is 121 Å². The first-order chi connectivity index (χ1) is 9.72. The molecule has 1 aliphatic heterocycles. The van der Waals surface area contributed by atoms with Crippen LogP contribution >= 0.6 is 11.3 Å². The number of nitrogens with one attached hydrogen (secondary N) is 1. The molecule has 1 aromatic carbocycles. The maximum atomic E-state index is 10.9. The number of para-hydroxylation sites is 1. The van der Waals surface area contributed by atoms with E-state index in [0.29, 0.717) is 0 Å². The molecule has 20 heavy (non-hydrogen) atoms. The summed E-state index contributed by atoms with van der Waals surface area (Å²) in [6.07, 6.45) is 0.203. The zero-order valence-corrected chi connectivity index (χ0v) is 11.9. The molecule has 2 aromatic rings. The quantitative estimate of drug-likeness (QED) is 0.902. The molecular weight excluding hydrogens is 274 g/mol. The van der Waals surface area contributed by atoms with Crippen LogP contribution in [0.2, 0.25) is 0 Å². The van der Waals surface area contributed by atoms with E-state index >= 15 is 0 Å². The van der Waals surface area contributed by atoms with E-state index in [0.717, 1.165) is 36.8 Å². The Morgan fingerprint density at radius 2 is 2.35 bits per heavy atom. The number of rotatable bonds is 3. The number of hydrogen-bond acceptors (Lipinski definition) is 5. The second-order valence-electron chi connectivity index (χ2n) is 5.08. The second kappa shape index (κ2) is 5.76. The number of carboxylic acids is 1. The number of aromatic nitrogens is 1. The van der Waals surface area contributed by atoms with Crippen molar-refractivity contribution < 1.29 is 9.90 Å². The summed E-state index contributed by atoms with van der Waals surface area (Å²) in [6, 6.07) is 8.09. The first-order valence-electron chi connectivity index (χ1n) is 6.75. The minimum atomic E-state index is -0.733. The average molecular weight is 291 g/mol. The molecule has 0 radical (unpaired) electrons. The van der Waals surface area contributed by atoms with Crippen LogP contribution in [0.15, 0.2) is 24.3 Å². The molecule has 1 atom stereocenters. The molecule has 1 fully saturated rings. The van der Waals surface area contributed by atoms with E-state index in [-0.39, 0.29) is 12.3 Å². The van der Waals surface area contributed by atoms with E-state index < -0.39 is 5.97 Å². The smallest absolute Gasteiger partial charge is 0.303 e. The van der Waals surface area contributed by atoms with Gasteiger partial charge in [0, 0.05) is 26.2 Å². The van der Waals surface area contributed by atoms with Crippen molar-refractivity contribution in [3.05, 3.63) is 24.3 Å². The number of hydrogen-bond donors (Lipinski definition) is 2. The third kappa shape index (κ3) is 2.91. The predicted octanol–water partition coefficient (Wildman–Crippen LogP) is 1.80. The third-order valence-electron chi connectivity index (χ3n) is 3.49. The van der Waals surface area contributed by atoms with E-state index in [4.69, 9.17) is 5.11 Å². The number of aliphatic carboxylic acids is 1. The van der Waals surface area contributed by atoms with Crippen molar-refractivity contribution in [3.8, 4) is 0 Å². The number of thiazole rings is 1.